The average Bonchev–Trinajstić information content (AvgIpc) is 2.45. The highest BCUT2D eigenvalue weighted by Crippen LogP contribution is 2.41. The summed E-state index contributed by atoms with van der Waals surface area (Å²) in [6, 6.07) is 14.9. The molecule has 1 aliphatic rings. The molecule has 110 valence electrons. The van der Waals surface area contributed by atoms with Crippen molar-refractivity contribution in [3.8, 4) is 0 Å². The van der Waals surface area contributed by atoms with Gasteiger partial charge in [-0.3, -0.25) is 0 Å². The zero-order valence-corrected chi connectivity index (χ0v) is 12.5. The summed E-state index contributed by atoms with van der Waals surface area (Å²) in [5.41, 5.74) is 3.36. The van der Waals surface area contributed by atoms with Gasteiger partial charge in [-0.05, 0) is 47.6 Å². The van der Waals surface area contributed by atoms with Gasteiger partial charge in [-0.1, -0.05) is 50.2 Å². The van der Waals surface area contributed by atoms with Crippen LogP contribution in [0.15, 0.2) is 48.5 Å². The fraction of sp³-hybridized carbons (Fsp3) is 0.368. The second-order valence-corrected chi connectivity index (χ2v) is 6.58. The minimum Gasteiger partial charge on any atom is -0.392 e. The van der Waals surface area contributed by atoms with Gasteiger partial charge in [0, 0.05) is 5.41 Å². The summed E-state index contributed by atoms with van der Waals surface area (Å²) in [5, 5.41) is 10.7. The van der Waals surface area contributed by atoms with E-state index in [1.54, 1.807) is 12.1 Å². The lowest BCUT2D eigenvalue weighted by Crippen LogP contribution is -2.36. The van der Waals surface area contributed by atoms with Crippen molar-refractivity contribution in [2.24, 2.45) is 0 Å². The maximum absolute atomic E-state index is 13.1. The van der Waals surface area contributed by atoms with Gasteiger partial charge >= 0.3 is 0 Å². The minimum atomic E-state index is -0.443. The molecule has 0 saturated heterocycles. The summed E-state index contributed by atoms with van der Waals surface area (Å²) in [6.45, 7) is 4.05. The van der Waals surface area contributed by atoms with Crippen molar-refractivity contribution in [1.82, 2.24) is 0 Å². The molecule has 0 aliphatic heterocycles. The number of fused-ring (bicyclic) bond motifs is 1. The number of aliphatic hydroxyl groups excluding tert-OH is 1. The molecular weight excluding hydrogens is 263 g/mol. The van der Waals surface area contributed by atoms with Crippen LogP contribution in [0.2, 0.25) is 0 Å². The first-order valence-electron chi connectivity index (χ1n) is 7.50. The Hall–Kier alpha value is -1.67. The van der Waals surface area contributed by atoms with Crippen LogP contribution < -0.4 is 0 Å². The lowest BCUT2D eigenvalue weighted by molar-refractivity contribution is 0.0814. The predicted molar refractivity (Wildman–Crippen MR) is 82.9 cm³/mol. The molecule has 0 aromatic heterocycles. The maximum atomic E-state index is 13.1. The van der Waals surface area contributed by atoms with Crippen molar-refractivity contribution in [3.63, 3.8) is 0 Å². The van der Waals surface area contributed by atoms with E-state index in [2.05, 4.69) is 24.3 Å². The molecule has 0 heterocycles. The van der Waals surface area contributed by atoms with Crippen LogP contribution in [0.25, 0.3) is 0 Å². The molecule has 2 aromatic carbocycles. The number of aliphatic hydroxyl groups is 1. The molecule has 2 aromatic rings. The van der Waals surface area contributed by atoms with Crippen molar-refractivity contribution in [1.29, 1.82) is 0 Å². The van der Waals surface area contributed by atoms with Crippen molar-refractivity contribution < 1.29 is 9.50 Å². The van der Waals surface area contributed by atoms with Crippen LogP contribution in [0.4, 0.5) is 4.39 Å². The third kappa shape index (κ3) is 2.60. The smallest absolute Gasteiger partial charge is 0.123 e. The first-order valence-corrected chi connectivity index (χ1v) is 7.50. The van der Waals surface area contributed by atoms with Gasteiger partial charge < -0.3 is 5.11 Å². The van der Waals surface area contributed by atoms with Gasteiger partial charge in [0.2, 0.25) is 0 Å². The van der Waals surface area contributed by atoms with E-state index in [9.17, 15) is 9.50 Å². The largest absolute Gasteiger partial charge is 0.392 e. The van der Waals surface area contributed by atoms with E-state index < -0.39 is 6.10 Å². The molecule has 2 unspecified atom stereocenters. The van der Waals surface area contributed by atoms with Crippen LogP contribution in [0, 0.1) is 5.82 Å². The predicted octanol–water partition coefficient (Wildman–Crippen LogP) is 4.19. The standard InChI is InChI=1S/C19H21FO/c1-19(2,15-7-9-16(20)10-8-15)18(21)12-14-11-13-5-3-4-6-17(13)14/h3-10,14,18,21H,11-12H2,1-2H3. The van der Waals surface area contributed by atoms with E-state index in [1.807, 2.05) is 13.8 Å². The van der Waals surface area contributed by atoms with E-state index in [-0.39, 0.29) is 11.2 Å². The van der Waals surface area contributed by atoms with Crippen molar-refractivity contribution >= 4 is 0 Å². The second kappa shape index (κ2) is 5.27. The molecule has 1 nitrogen and oxygen atoms in total. The zero-order chi connectivity index (χ0) is 15.0. The Morgan fingerprint density at radius 3 is 2.48 bits per heavy atom. The molecule has 2 atom stereocenters. The number of benzene rings is 2. The van der Waals surface area contributed by atoms with E-state index in [0.717, 1.165) is 18.4 Å². The fourth-order valence-electron chi connectivity index (χ4n) is 3.21. The molecule has 0 amide bonds. The molecule has 3 rings (SSSR count). The molecule has 1 aliphatic carbocycles. The Kier molecular flexibility index (Phi) is 3.58. The Balaban J connectivity index is 1.73. The highest BCUT2D eigenvalue weighted by Gasteiger charge is 2.35. The van der Waals surface area contributed by atoms with Crippen molar-refractivity contribution in [3.05, 3.63) is 71.0 Å². The van der Waals surface area contributed by atoms with Gasteiger partial charge in [0.15, 0.2) is 0 Å². The number of hydrogen-bond donors (Lipinski definition) is 1. The maximum Gasteiger partial charge on any atom is 0.123 e. The number of hydrogen-bond acceptors (Lipinski definition) is 1. The normalized spacial score (nSPS) is 18.8. The van der Waals surface area contributed by atoms with E-state index in [1.165, 1.54) is 23.3 Å². The SMILES string of the molecule is CC(C)(c1ccc(F)cc1)C(O)CC1Cc2ccccc21. The van der Waals surface area contributed by atoms with E-state index in [4.69, 9.17) is 0 Å². The third-order valence-corrected chi connectivity index (χ3v) is 4.89. The quantitative estimate of drug-likeness (QED) is 0.892. The lowest BCUT2D eigenvalue weighted by Gasteiger charge is -2.37. The second-order valence-electron chi connectivity index (χ2n) is 6.58. The Bertz CT molecular complexity index is 630. The van der Waals surface area contributed by atoms with E-state index in [0.29, 0.717) is 5.92 Å². The van der Waals surface area contributed by atoms with Crippen LogP contribution in [0.5, 0.6) is 0 Å². The van der Waals surface area contributed by atoms with Crippen LogP contribution in [0.3, 0.4) is 0 Å². The summed E-state index contributed by atoms with van der Waals surface area (Å²) in [7, 11) is 0. The molecule has 0 spiro atoms. The van der Waals surface area contributed by atoms with Gasteiger partial charge in [-0.25, -0.2) is 4.39 Å². The molecule has 0 saturated carbocycles. The first-order chi connectivity index (χ1) is 9.98. The highest BCUT2D eigenvalue weighted by atomic mass is 19.1. The molecule has 0 radical (unpaired) electrons. The highest BCUT2D eigenvalue weighted by molar-refractivity contribution is 5.40. The summed E-state index contributed by atoms with van der Waals surface area (Å²) < 4.78 is 13.1. The lowest BCUT2D eigenvalue weighted by atomic mass is 9.69. The van der Waals surface area contributed by atoms with Crippen molar-refractivity contribution in [2.75, 3.05) is 0 Å². The van der Waals surface area contributed by atoms with Gasteiger partial charge in [0.05, 0.1) is 6.10 Å². The first kappa shape index (κ1) is 14.3. The van der Waals surface area contributed by atoms with Crippen LogP contribution in [0.1, 0.15) is 42.9 Å². The van der Waals surface area contributed by atoms with Crippen LogP contribution in [-0.2, 0) is 11.8 Å². The molecule has 0 bridgehead atoms. The Morgan fingerprint density at radius 2 is 1.81 bits per heavy atom. The van der Waals surface area contributed by atoms with Gasteiger partial charge in [-0.2, -0.15) is 0 Å². The molecule has 1 N–H and O–H groups in total. The minimum absolute atomic E-state index is 0.239. The average molecular weight is 284 g/mol. The summed E-state index contributed by atoms with van der Waals surface area (Å²) in [5.74, 6) is 0.202. The zero-order valence-electron chi connectivity index (χ0n) is 12.5. The summed E-state index contributed by atoms with van der Waals surface area (Å²) in [6.07, 6.45) is 1.36. The molecule has 0 fully saturated rings. The van der Waals surface area contributed by atoms with Gasteiger partial charge in [-0.15, -0.1) is 0 Å². The topological polar surface area (TPSA) is 20.2 Å². The van der Waals surface area contributed by atoms with Gasteiger partial charge in [0.1, 0.15) is 5.82 Å². The van der Waals surface area contributed by atoms with Crippen LogP contribution in [-0.4, -0.2) is 11.2 Å². The summed E-state index contributed by atoms with van der Waals surface area (Å²) >= 11 is 0. The Morgan fingerprint density at radius 1 is 1.14 bits per heavy atom. The summed E-state index contributed by atoms with van der Waals surface area (Å²) in [4.78, 5) is 0. The number of halogens is 1. The van der Waals surface area contributed by atoms with Crippen LogP contribution >= 0.6 is 0 Å². The molecule has 2 heteroatoms. The monoisotopic (exact) mass is 284 g/mol. The van der Waals surface area contributed by atoms with Gasteiger partial charge in [0.25, 0.3) is 0 Å². The van der Waals surface area contributed by atoms with Crippen molar-refractivity contribution in [2.45, 2.75) is 44.1 Å². The Labute approximate surface area is 125 Å². The third-order valence-electron chi connectivity index (χ3n) is 4.89. The fourth-order valence-corrected chi connectivity index (χ4v) is 3.21. The number of rotatable bonds is 4. The molecular formula is C19H21FO. The molecule has 21 heavy (non-hydrogen) atoms. The van der Waals surface area contributed by atoms with E-state index >= 15 is 0 Å².